The second-order valence-corrected chi connectivity index (χ2v) is 4.36. The predicted molar refractivity (Wildman–Crippen MR) is 55.9 cm³/mol. The van der Waals surface area contributed by atoms with E-state index in [1.165, 1.54) is 11.8 Å². The Morgan fingerprint density at radius 2 is 2.40 bits per heavy atom. The summed E-state index contributed by atoms with van der Waals surface area (Å²) in [6.07, 6.45) is 3.41. The highest BCUT2D eigenvalue weighted by atomic mass is 32.2. The molecule has 6 heteroatoms. The van der Waals surface area contributed by atoms with Gasteiger partial charge < -0.3 is 5.11 Å². The van der Waals surface area contributed by atoms with Gasteiger partial charge in [-0.3, -0.25) is 4.79 Å². The number of aliphatic carboxylic acids is 1. The zero-order valence-corrected chi connectivity index (χ0v) is 8.81. The summed E-state index contributed by atoms with van der Waals surface area (Å²) in [5.74, 6) is -0.838. The molecular weight excluding hydrogens is 214 g/mol. The summed E-state index contributed by atoms with van der Waals surface area (Å²) in [5, 5.41) is 12.9. The molecule has 15 heavy (non-hydrogen) atoms. The maximum Gasteiger partial charge on any atom is 0.316 e. The molecule has 1 atom stereocenters. The van der Waals surface area contributed by atoms with Crippen molar-refractivity contribution in [1.82, 2.24) is 14.6 Å². The molecule has 78 valence electrons. The molecular formula is C9H9N3O2S. The van der Waals surface area contributed by atoms with Crippen molar-refractivity contribution in [2.45, 2.75) is 17.2 Å². The Balaban J connectivity index is 2.24. The fourth-order valence-electron chi connectivity index (χ4n) is 1.09. The van der Waals surface area contributed by atoms with Gasteiger partial charge in [0.2, 0.25) is 0 Å². The molecule has 2 aromatic rings. The summed E-state index contributed by atoms with van der Waals surface area (Å²) in [7, 11) is 0. The fraction of sp³-hybridized carbons (Fsp3) is 0.222. The number of carboxylic acid groups (broad SMARTS) is 1. The van der Waals surface area contributed by atoms with E-state index in [2.05, 4.69) is 10.1 Å². The Bertz CT molecular complexity index is 497. The van der Waals surface area contributed by atoms with Gasteiger partial charge in [-0.15, -0.1) is 0 Å². The Hall–Kier alpha value is -1.56. The third kappa shape index (κ3) is 2.10. The maximum atomic E-state index is 10.7. The molecule has 0 bridgehead atoms. The number of carboxylic acids is 1. The molecule has 0 aliphatic carbocycles. The zero-order valence-electron chi connectivity index (χ0n) is 7.99. The molecule has 0 amide bonds. The lowest BCUT2D eigenvalue weighted by Gasteiger charge is -2.04. The molecule has 2 heterocycles. The van der Waals surface area contributed by atoms with Gasteiger partial charge in [0.05, 0.1) is 6.20 Å². The standard InChI is InChI=1S/C9H9N3O2S/c1-6(9(13)14)15-8-3-5-12-7(11-8)2-4-10-12/h2-6H,1H3,(H,13,14). The van der Waals surface area contributed by atoms with Crippen molar-refractivity contribution in [3.63, 3.8) is 0 Å². The van der Waals surface area contributed by atoms with E-state index in [4.69, 9.17) is 5.11 Å². The van der Waals surface area contributed by atoms with Crippen LogP contribution in [0.1, 0.15) is 6.92 Å². The number of hydrogen-bond donors (Lipinski definition) is 1. The van der Waals surface area contributed by atoms with Crippen LogP contribution in [0.25, 0.3) is 5.65 Å². The SMILES string of the molecule is CC(Sc1ccn2nccc2n1)C(=O)O. The summed E-state index contributed by atoms with van der Waals surface area (Å²) >= 11 is 1.22. The topological polar surface area (TPSA) is 67.5 Å². The lowest BCUT2D eigenvalue weighted by atomic mass is 10.5. The van der Waals surface area contributed by atoms with Crippen molar-refractivity contribution < 1.29 is 9.90 Å². The van der Waals surface area contributed by atoms with Crippen LogP contribution >= 0.6 is 11.8 Å². The molecule has 2 aromatic heterocycles. The molecule has 0 aliphatic rings. The van der Waals surface area contributed by atoms with E-state index in [1.54, 1.807) is 36.0 Å². The van der Waals surface area contributed by atoms with Crippen molar-refractivity contribution in [3.05, 3.63) is 24.5 Å². The van der Waals surface area contributed by atoms with E-state index in [9.17, 15) is 4.79 Å². The average molecular weight is 223 g/mol. The van der Waals surface area contributed by atoms with Gasteiger partial charge >= 0.3 is 5.97 Å². The van der Waals surface area contributed by atoms with Crippen LogP contribution in [0.15, 0.2) is 29.6 Å². The van der Waals surface area contributed by atoms with E-state index >= 15 is 0 Å². The van der Waals surface area contributed by atoms with Crippen molar-refractivity contribution in [3.8, 4) is 0 Å². The minimum Gasteiger partial charge on any atom is -0.480 e. The van der Waals surface area contributed by atoms with Crippen LogP contribution in [0.4, 0.5) is 0 Å². The van der Waals surface area contributed by atoms with Crippen molar-refractivity contribution >= 4 is 23.4 Å². The lowest BCUT2D eigenvalue weighted by molar-refractivity contribution is -0.136. The third-order valence-electron chi connectivity index (χ3n) is 1.88. The second-order valence-electron chi connectivity index (χ2n) is 3.00. The van der Waals surface area contributed by atoms with E-state index < -0.39 is 11.2 Å². The van der Waals surface area contributed by atoms with Crippen LogP contribution in [0.3, 0.4) is 0 Å². The number of thioether (sulfide) groups is 1. The second kappa shape index (κ2) is 3.90. The van der Waals surface area contributed by atoms with Gasteiger partial charge in [-0.05, 0) is 13.0 Å². The van der Waals surface area contributed by atoms with Crippen LogP contribution in [0.5, 0.6) is 0 Å². The first-order valence-electron chi connectivity index (χ1n) is 4.36. The summed E-state index contributed by atoms with van der Waals surface area (Å²) in [6, 6.07) is 3.53. The molecule has 0 aromatic carbocycles. The minimum absolute atomic E-state index is 0.497. The number of fused-ring (bicyclic) bond motifs is 1. The van der Waals surface area contributed by atoms with Crippen molar-refractivity contribution in [2.24, 2.45) is 0 Å². The van der Waals surface area contributed by atoms with E-state index in [1.807, 2.05) is 0 Å². The first kappa shape index (κ1) is 9.97. The smallest absolute Gasteiger partial charge is 0.316 e. The summed E-state index contributed by atoms with van der Waals surface area (Å²) in [6.45, 7) is 1.63. The Morgan fingerprint density at radius 3 is 3.13 bits per heavy atom. The maximum absolute atomic E-state index is 10.7. The summed E-state index contributed by atoms with van der Waals surface area (Å²) in [5.41, 5.74) is 0.720. The Labute approximate surface area is 90.1 Å². The summed E-state index contributed by atoms with van der Waals surface area (Å²) < 4.78 is 1.63. The number of aromatic nitrogens is 3. The highest BCUT2D eigenvalue weighted by Crippen LogP contribution is 2.21. The molecule has 0 spiro atoms. The average Bonchev–Trinajstić information content (AvgIpc) is 2.64. The van der Waals surface area contributed by atoms with Crippen LogP contribution in [-0.4, -0.2) is 30.9 Å². The molecule has 0 radical (unpaired) electrons. The monoisotopic (exact) mass is 223 g/mol. The highest BCUT2D eigenvalue weighted by Gasteiger charge is 2.13. The largest absolute Gasteiger partial charge is 0.480 e. The number of carbonyl (C=O) groups is 1. The van der Waals surface area contributed by atoms with Crippen LogP contribution < -0.4 is 0 Å². The van der Waals surface area contributed by atoms with Gasteiger partial charge in [0.25, 0.3) is 0 Å². The van der Waals surface area contributed by atoms with Crippen LogP contribution in [0, 0.1) is 0 Å². The number of rotatable bonds is 3. The van der Waals surface area contributed by atoms with Gasteiger partial charge in [0, 0.05) is 12.3 Å². The molecule has 1 N–H and O–H groups in total. The van der Waals surface area contributed by atoms with Crippen LogP contribution in [-0.2, 0) is 4.79 Å². The lowest BCUT2D eigenvalue weighted by Crippen LogP contribution is -2.11. The van der Waals surface area contributed by atoms with Gasteiger partial charge in [-0.2, -0.15) is 5.10 Å². The zero-order chi connectivity index (χ0) is 10.8. The number of hydrogen-bond acceptors (Lipinski definition) is 4. The fourth-order valence-corrected chi connectivity index (χ4v) is 1.84. The first-order chi connectivity index (χ1) is 7.16. The predicted octanol–water partition coefficient (Wildman–Crippen LogP) is 1.29. The molecule has 0 fully saturated rings. The van der Waals surface area contributed by atoms with Crippen molar-refractivity contribution in [2.75, 3.05) is 0 Å². The highest BCUT2D eigenvalue weighted by molar-refractivity contribution is 8.00. The first-order valence-corrected chi connectivity index (χ1v) is 5.24. The Kier molecular flexibility index (Phi) is 2.59. The molecule has 0 aliphatic heterocycles. The van der Waals surface area contributed by atoms with Gasteiger partial charge in [0.1, 0.15) is 10.3 Å². The quantitative estimate of drug-likeness (QED) is 0.627. The normalized spacial score (nSPS) is 12.9. The summed E-state index contributed by atoms with van der Waals surface area (Å²) in [4.78, 5) is 14.9. The molecule has 1 unspecified atom stereocenters. The molecule has 5 nitrogen and oxygen atoms in total. The molecule has 2 rings (SSSR count). The van der Waals surface area contributed by atoms with Crippen LogP contribution in [0.2, 0.25) is 0 Å². The van der Waals surface area contributed by atoms with Gasteiger partial charge in [0.15, 0.2) is 5.65 Å². The minimum atomic E-state index is -0.838. The van der Waals surface area contributed by atoms with Gasteiger partial charge in [-0.1, -0.05) is 11.8 Å². The number of nitrogens with zero attached hydrogens (tertiary/aromatic N) is 3. The van der Waals surface area contributed by atoms with Crippen molar-refractivity contribution in [1.29, 1.82) is 0 Å². The van der Waals surface area contributed by atoms with Gasteiger partial charge in [-0.25, -0.2) is 9.50 Å². The van der Waals surface area contributed by atoms with E-state index in [0.29, 0.717) is 5.03 Å². The molecule has 0 saturated carbocycles. The third-order valence-corrected chi connectivity index (χ3v) is 2.90. The van der Waals surface area contributed by atoms with E-state index in [0.717, 1.165) is 5.65 Å². The van der Waals surface area contributed by atoms with E-state index in [-0.39, 0.29) is 0 Å². The Morgan fingerprint density at radius 1 is 1.60 bits per heavy atom. The molecule has 0 saturated heterocycles.